The second-order valence-electron chi connectivity index (χ2n) is 6.88. The minimum absolute atomic E-state index is 0.0431. The lowest BCUT2D eigenvalue weighted by Gasteiger charge is -2.22. The van der Waals surface area contributed by atoms with E-state index < -0.39 is 30.9 Å². The van der Waals surface area contributed by atoms with Gasteiger partial charge in [-0.15, -0.1) is 0 Å². The predicted octanol–water partition coefficient (Wildman–Crippen LogP) is 3.77. The molecule has 3 rings (SSSR count). The fourth-order valence-corrected chi connectivity index (χ4v) is 3.17. The summed E-state index contributed by atoms with van der Waals surface area (Å²) in [4.78, 5) is 26.0. The number of amides is 1. The predicted molar refractivity (Wildman–Crippen MR) is 109 cm³/mol. The Labute approximate surface area is 169 Å². The molecule has 154 valence electrons. The molecular weight excluding hydrogens is 375 g/mol. The monoisotopic (exact) mass is 400 g/mol. The van der Waals surface area contributed by atoms with E-state index in [9.17, 15) is 14.0 Å². The molecule has 2 aromatic carbocycles. The second kappa shape index (κ2) is 10.5. The van der Waals surface area contributed by atoms with E-state index in [1.165, 1.54) is 43.9 Å². The fraction of sp³-hybridized carbons (Fsp3) is 0.364. The van der Waals surface area contributed by atoms with E-state index in [1.54, 1.807) is 6.07 Å². The van der Waals surface area contributed by atoms with Gasteiger partial charge in [-0.3, -0.25) is 4.79 Å². The van der Waals surface area contributed by atoms with Crippen LogP contribution in [0.25, 0.3) is 0 Å². The number of ether oxygens (including phenoxy) is 2. The van der Waals surface area contributed by atoms with E-state index >= 15 is 0 Å². The molecular formula is C22H25FN2O4. The van der Waals surface area contributed by atoms with Crippen LogP contribution in [0.1, 0.15) is 25.7 Å². The van der Waals surface area contributed by atoms with Crippen molar-refractivity contribution in [2.45, 2.75) is 25.7 Å². The number of hydrogen-bond donors (Lipinski definition) is 1. The van der Waals surface area contributed by atoms with Gasteiger partial charge in [-0.2, -0.15) is 0 Å². The number of rotatable bonds is 7. The minimum atomic E-state index is -0.750. The van der Waals surface area contributed by atoms with Gasteiger partial charge in [0.1, 0.15) is 0 Å². The smallest absolute Gasteiger partial charge is 0.344 e. The molecule has 1 saturated heterocycles. The number of nitrogens with one attached hydrogen (secondary N) is 1. The van der Waals surface area contributed by atoms with Gasteiger partial charge in [-0.05, 0) is 49.2 Å². The summed E-state index contributed by atoms with van der Waals surface area (Å²) in [6.07, 6.45) is 4.94. The van der Waals surface area contributed by atoms with Gasteiger partial charge in [0.2, 0.25) is 0 Å². The lowest BCUT2D eigenvalue weighted by Crippen LogP contribution is -2.24. The number of carbonyl (C=O) groups is 2. The molecule has 1 N–H and O–H groups in total. The van der Waals surface area contributed by atoms with Crippen LogP contribution in [-0.2, 0) is 14.3 Å². The van der Waals surface area contributed by atoms with Crippen LogP contribution in [0.3, 0.4) is 0 Å². The zero-order chi connectivity index (χ0) is 20.5. The Morgan fingerprint density at radius 1 is 0.931 bits per heavy atom. The van der Waals surface area contributed by atoms with Crippen molar-refractivity contribution in [1.82, 2.24) is 0 Å². The summed E-state index contributed by atoms with van der Waals surface area (Å²) in [6, 6.07) is 13.4. The van der Waals surface area contributed by atoms with Gasteiger partial charge in [0.25, 0.3) is 5.91 Å². The van der Waals surface area contributed by atoms with Crippen molar-refractivity contribution in [3.05, 3.63) is 54.3 Å². The number of carbonyl (C=O) groups excluding carboxylic acids is 2. The minimum Gasteiger partial charge on any atom is -0.479 e. The standard InChI is InChI=1S/C22H25FN2O4/c23-19-7-3-4-8-20(19)28-16-22(27)29-15-21(26)24-17-9-11-18(12-10-17)25-13-5-1-2-6-14-25/h3-4,7-12H,1-2,5-6,13-16H2,(H,24,26). The molecule has 0 bridgehead atoms. The van der Waals surface area contributed by atoms with Gasteiger partial charge < -0.3 is 19.7 Å². The maximum Gasteiger partial charge on any atom is 0.344 e. The normalized spacial score (nSPS) is 14.0. The third-order valence-electron chi connectivity index (χ3n) is 4.67. The van der Waals surface area contributed by atoms with E-state index in [0.29, 0.717) is 5.69 Å². The maximum atomic E-state index is 13.4. The van der Waals surface area contributed by atoms with Crippen LogP contribution in [0.15, 0.2) is 48.5 Å². The first-order valence-electron chi connectivity index (χ1n) is 9.79. The van der Waals surface area contributed by atoms with Crippen LogP contribution in [0.4, 0.5) is 15.8 Å². The molecule has 0 unspecified atom stereocenters. The summed E-state index contributed by atoms with van der Waals surface area (Å²) in [5, 5.41) is 2.69. The Balaban J connectivity index is 1.40. The molecule has 0 atom stereocenters. The van der Waals surface area contributed by atoms with Crippen LogP contribution in [0.5, 0.6) is 5.75 Å². The molecule has 1 heterocycles. The lowest BCUT2D eigenvalue weighted by atomic mass is 10.2. The fourth-order valence-electron chi connectivity index (χ4n) is 3.17. The maximum absolute atomic E-state index is 13.4. The average Bonchev–Trinajstić information content (AvgIpc) is 3.02. The van der Waals surface area contributed by atoms with E-state index in [2.05, 4.69) is 10.2 Å². The van der Waals surface area contributed by atoms with Gasteiger partial charge in [0, 0.05) is 24.5 Å². The van der Waals surface area contributed by atoms with Crippen LogP contribution < -0.4 is 15.0 Å². The van der Waals surface area contributed by atoms with Crippen molar-refractivity contribution in [3.63, 3.8) is 0 Å². The summed E-state index contributed by atoms with van der Waals surface area (Å²) in [5.41, 5.74) is 1.77. The topological polar surface area (TPSA) is 67.9 Å². The zero-order valence-corrected chi connectivity index (χ0v) is 16.2. The molecule has 2 aromatic rings. The van der Waals surface area contributed by atoms with Gasteiger partial charge >= 0.3 is 5.97 Å². The van der Waals surface area contributed by atoms with E-state index in [0.717, 1.165) is 18.8 Å². The summed E-state index contributed by atoms with van der Waals surface area (Å²) in [5.74, 6) is -1.81. The Bertz CT molecular complexity index is 818. The summed E-state index contributed by atoms with van der Waals surface area (Å²) in [7, 11) is 0. The molecule has 1 aliphatic rings. The van der Waals surface area contributed by atoms with Crippen molar-refractivity contribution in [2.75, 3.05) is 36.5 Å². The highest BCUT2D eigenvalue weighted by Crippen LogP contribution is 2.21. The van der Waals surface area contributed by atoms with Crippen molar-refractivity contribution < 1.29 is 23.5 Å². The molecule has 1 amide bonds. The molecule has 29 heavy (non-hydrogen) atoms. The van der Waals surface area contributed by atoms with Crippen molar-refractivity contribution in [1.29, 1.82) is 0 Å². The zero-order valence-electron chi connectivity index (χ0n) is 16.2. The number of halogens is 1. The molecule has 6 nitrogen and oxygen atoms in total. The number of esters is 1. The SMILES string of the molecule is O=C(COC(=O)COc1ccccc1F)Nc1ccc(N2CCCCCC2)cc1. The number of para-hydroxylation sites is 1. The van der Waals surface area contributed by atoms with Crippen molar-refractivity contribution in [3.8, 4) is 5.75 Å². The lowest BCUT2D eigenvalue weighted by molar-refractivity contribution is -0.149. The molecule has 0 spiro atoms. The third-order valence-corrected chi connectivity index (χ3v) is 4.67. The van der Waals surface area contributed by atoms with Gasteiger partial charge in [0.15, 0.2) is 24.8 Å². The molecule has 1 aliphatic heterocycles. The first-order valence-corrected chi connectivity index (χ1v) is 9.79. The Hall–Kier alpha value is -3.09. The van der Waals surface area contributed by atoms with Crippen LogP contribution in [0, 0.1) is 5.82 Å². The van der Waals surface area contributed by atoms with E-state index in [4.69, 9.17) is 9.47 Å². The van der Waals surface area contributed by atoms with Gasteiger partial charge in [-0.1, -0.05) is 25.0 Å². The molecule has 7 heteroatoms. The molecule has 1 fully saturated rings. The highest BCUT2D eigenvalue weighted by Gasteiger charge is 2.12. The van der Waals surface area contributed by atoms with Crippen LogP contribution in [0.2, 0.25) is 0 Å². The van der Waals surface area contributed by atoms with Crippen molar-refractivity contribution >= 4 is 23.3 Å². The van der Waals surface area contributed by atoms with Crippen LogP contribution in [-0.4, -0.2) is 38.2 Å². The van der Waals surface area contributed by atoms with E-state index in [-0.39, 0.29) is 5.75 Å². The first-order chi connectivity index (χ1) is 14.1. The van der Waals surface area contributed by atoms with Gasteiger partial charge in [0.05, 0.1) is 0 Å². The largest absolute Gasteiger partial charge is 0.479 e. The number of anilines is 2. The molecule has 0 saturated carbocycles. The van der Waals surface area contributed by atoms with E-state index in [1.807, 2.05) is 24.3 Å². The Morgan fingerprint density at radius 3 is 2.31 bits per heavy atom. The third kappa shape index (κ3) is 6.48. The molecule has 0 aliphatic carbocycles. The number of hydrogen-bond acceptors (Lipinski definition) is 5. The van der Waals surface area contributed by atoms with Crippen molar-refractivity contribution in [2.24, 2.45) is 0 Å². The summed E-state index contributed by atoms with van der Waals surface area (Å²) in [6.45, 7) is 1.19. The average molecular weight is 400 g/mol. The van der Waals surface area contributed by atoms with Crippen LogP contribution >= 0.6 is 0 Å². The Morgan fingerprint density at radius 2 is 1.62 bits per heavy atom. The number of nitrogens with zero attached hydrogens (tertiary/aromatic N) is 1. The molecule has 0 radical (unpaired) electrons. The van der Waals surface area contributed by atoms with Gasteiger partial charge in [-0.25, -0.2) is 9.18 Å². The summed E-state index contributed by atoms with van der Waals surface area (Å²) >= 11 is 0. The Kier molecular flexibility index (Phi) is 7.44. The first kappa shape index (κ1) is 20.6. The molecule has 0 aromatic heterocycles. The highest BCUT2D eigenvalue weighted by molar-refractivity contribution is 5.93. The second-order valence-corrected chi connectivity index (χ2v) is 6.88. The highest BCUT2D eigenvalue weighted by atomic mass is 19.1. The quantitative estimate of drug-likeness (QED) is 0.717. The summed E-state index contributed by atoms with van der Waals surface area (Å²) < 4.78 is 23.3. The number of benzene rings is 2.